The van der Waals surface area contributed by atoms with Crippen LogP contribution >= 0.6 is 11.6 Å². The van der Waals surface area contributed by atoms with Crippen LogP contribution in [0.4, 0.5) is 18.9 Å². The number of amides is 1. The minimum atomic E-state index is -4.56. The van der Waals surface area contributed by atoms with Crippen molar-refractivity contribution in [2.24, 2.45) is 0 Å². The van der Waals surface area contributed by atoms with E-state index < -0.39 is 17.6 Å². The highest BCUT2D eigenvalue weighted by atomic mass is 35.5. The molecule has 1 amide bonds. The first kappa shape index (κ1) is 24.4. The van der Waals surface area contributed by atoms with E-state index in [2.05, 4.69) is 5.32 Å². The Balaban J connectivity index is 1.69. The lowest BCUT2D eigenvalue weighted by Crippen LogP contribution is -2.11. The average Bonchev–Trinajstić information content (AvgIpc) is 3.22. The van der Waals surface area contributed by atoms with E-state index in [9.17, 15) is 18.0 Å². The summed E-state index contributed by atoms with van der Waals surface area (Å²) in [6, 6.07) is 14.4. The number of nitrogens with one attached hydrogen (secondary N) is 1. The van der Waals surface area contributed by atoms with Crippen molar-refractivity contribution in [1.82, 2.24) is 0 Å². The van der Waals surface area contributed by atoms with Gasteiger partial charge in [0.2, 0.25) is 5.91 Å². The molecular formula is C27H21ClF3NO3. The van der Waals surface area contributed by atoms with Gasteiger partial charge in [-0.05, 0) is 49.2 Å². The molecule has 4 nitrogen and oxygen atoms in total. The van der Waals surface area contributed by atoms with Crippen molar-refractivity contribution in [2.45, 2.75) is 20.0 Å². The summed E-state index contributed by atoms with van der Waals surface area (Å²) in [4.78, 5) is 12.7. The van der Waals surface area contributed by atoms with Crippen LogP contribution in [0.15, 0.2) is 71.4 Å². The lowest BCUT2D eigenvalue weighted by molar-refractivity contribution is -0.137. The van der Waals surface area contributed by atoms with E-state index >= 15 is 0 Å². The van der Waals surface area contributed by atoms with E-state index in [4.69, 9.17) is 20.8 Å². The Morgan fingerprint density at radius 3 is 2.46 bits per heavy atom. The number of halogens is 4. The van der Waals surface area contributed by atoms with Gasteiger partial charge in [0.05, 0.1) is 29.6 Å². The van der Waals surface area contributed by atoms with Crippen molar-refractivity contribution >= 4 is 39.7 Å². The van der Waals surface area contributed by atoms with Crippen LogP contribution < -0.4 is 10.1 Å². The molecule has 0 radical (unpaired) electrons. The third-order valence-corrected chi connectivity index (χ3v) is 5.91. The topological polar surface area (TPSA) is 51.5 Å². The second-order valence-electron chi connectivity index (χ2n) is 8.07. The summed E-state index contributed by atoms with van der Waals surface area (Å²) < 4.78 is 50.4. The number of hydrogen-bond acceptors (Lipinski definition) is 3. The van der Waals surface area contributed by atoms with E-state index in [0.29, 0.717) is 22.5 Å². The maximum absolute atomic E-state index is 13.0. The van der Waals surface area contributed by atoms with Crippen LogP contribution in [-0.4, -0.2) is 13.0 Å². The molecule has 0 aliphatic carbocycles. The fourth-order valence-corrected chi connectivity index (χ4v) is 3.89. The molecule has 8 heteroatoms. The zero-order chi connectivity index (χ0) is 25.3. The maximum atomic E-state index is 13.0. The quantitative estimate of drug-likeness (QED) is 0.282. The summed E-state index contributed by atoms with van der Waals surface area (Å²) in [7, 11) is 1.50. The molecule has 0 spiro atoms. The van der Waals surface area contributed by atoms with Crippen LogP contribution in [0.3, 0.4) is 0 Å². The molecule has 0 bridgehead atoms. The van der Waals surface area contributed by atoms with Gasteiger partial charge in [-0.3, -0.25) is 4.79 Å². The third kappa shape index (κ3) is 5.20. The number of aryl methyl sites for hydroxylation is 1. The fourth-order valence-electron chi connectivity index (χ4n) is 3.73. The molecule has 0 saturated heterocycles. The molecule has 3 aromatic carbocycles. The summed E-state index contributed by atoms with van der Waals surface area (Å²) in [5.41, 5.74) is 3.76. The molecule has 0 saturated carbocycles. The minimum Gasteiger partial charge on any atom is -0.496 e. The molecule has 35 heavy (non-hydrogen) atoms. The minimum absolute atomic E-state index is 0.00228. The Morgan fingerprint density at radius 1 is 1.09 bits per heavy atom. The number of carbonyl (C=O) groups is 1. The Kier molecular flexibility index (Phi) is 6.63. The monoisotopic (exact) mass is 499 g/mol. The predicted molar refractivity (Wildman–Crippen MR) is 132 cm³/mol. The van der Waals surface area contributed by atoms with Crippen LogP contribution in [0.1, 0.15) is 23.6 Å². The number of hydrogen-bond donors (Lipinski definition) is 1. The summed E-state index contributed by atoms with van der Waals surface area (Å²) >= 11 is 6.00. The highest BCUT2D eigenvalue weighted by Crippen LogP contribution is 2.38. The van der Waals surface area contributed by atoms with Crippen molar-refractivity contribution in [3.05, 3.63) is 88.6 Å². The number of carbonyl (C=O) groups excluding carboxylic acids is 1. The Labute approximate surface area is 205 Å². The molecule has 180 valence electrons. The summed E-state index contributed by atoms with van der Waals surface area (Å²) in [5, 5.41) is 3.26. The summed E-state index contributed by atoms with van der Waals surface area (Å²) in [5.74, 6) is -0.141. The Morgan fingerprint density at radius 2 is 1.80 bits per heavy atom. The van der Waals surface area contributed by atoms with Gasteiger partial charge in [-0.15, -0.1) is 0 Å². The van der Waals surface area contributed by atoms with E-state index in [1.807, 2.05) is 37.3 Å². The Hall–Kier alpha value is -3.71. The van der Waals surface area contributed by atoms with Gasteiger partial charge in [-0.1, -0.05) is 41.4 Å². The number of rotatable bonds is 5. The molecule has 0 aliphatic heterocycles. The highest BCUT2D eigenvalue weighted by molar-refractivity contribution is 6.33. The molecule has 0 aliphatic rings. The van der Waals surface area contributed by atoms with Gasteiger partial charge in [0.25, 0.3) is 0 Å². The fraction of sp³-hybridized carbons (Fsp3) is 0.148. The van der Waals surface area contributed by atoms with E-state index in [1.54, 1.807) is 19.3 Å². The molecule has 1 heterocycles. The highest BCUT2D eigenvalue weighted by Gasteiger charge is 2.31. The van der Waals surface area contributed by atoms with Gasteiger partial charge in [0.15, 0.2) is 0 Å². The van der Waals surface area contributed by atoms with Crippen molar-refractivity contribution in [3.63, 3.8) is 0 Å². The smallest absolute Gasteiger partial charge is 0.416 e. The molecule has 0 fully saturated rings. The SMILES string of the molecule is COc1cc2occ(-c3ccc(C)cc3)c2cc1/C(C)=C/C(=O)Nc1cc(C(F)(F)F)ccc1Cl. The summed E-state index contributed by atoms with van der Waals surface area (Å²) in [6.07, 6.45) is -1.61. The second-order valence-corrected chi connectivity index (χ2v) is 8.48. The normalized spacial score (nSPS) is 12.1. The van der Waals surface area contributed by atoms with Crippen molar-refractivity contribution in [1.29, 1.82) is 0 Å². The number of anilines is 1. The van der Waals surface area contributed by atoms with Gasteiger partial charge in [-0.25, -0.2) is 0 Å². The van der Waals surface area contributed by atoms with Crippen LogP contribution in [0.2, 0.25) is 5.02 Å². The average molecular weight is 500 g/mol. The first-order valence-corrected chi connectivity index (χ1v) is 11.0. The van der Waals surface area contributed by atoms with Gasteiger partial charge >= 0.3 is 6.18 Å². The molecule has 0 unspecified atom stereocenters. The Bertz CT molecular complexity index is 1440. The van der Waals surface area contributed by atoms with E-state index in [-0.39, 0.29) is 10.7 Å². The number of alkyl halides is 3. The summed E-state index contributed by atoms with van der Waals surface area (Å²) in [6.45, 7) is 3.72. The maximum Gasteiger partial charge on any atom is 0.416 e. The van der Waals surface area contributed by atoms with Crippen molar-refractivity contribution in [3.8, 4) is 16.9 Å². The molecule has 1 N–H and O–H groups in total. The second kappa shape index (κ2) is 9.50. The largest absolute Gasteiger partial charge is 0.496 e. The van der Waals surface area contributed by atoms with Crippen LogP contribution in [0, 0.1) is 6.92 Å². The number of furan rings is 1. The van der Waals surface area contributed by atoms with E-state index in [0.717, 1.165) is 40.3 Å². The number of allylic oxidation sites excluding steroid dienone is 1. The molecule has 0 atom stereocenters. The van der Waals surface area contributed by atoms with Crippen LogP contribution in [-0.2, 0) is 11.0 Å². The van der Waals surface area contributed by atoms with Gasteiger partial charge in [-0.2, -0.15) is 13.2 Å². The standard InChI is InChI=1S/C27H21ClF3NO3/c1-15-4-6-17(7-5-15)21-14-35-25-13-24(34-3)19(12-20(21)25)16(2)10-26(33)32-23-11-18(27(29,30)31)8-9-22(23)28/h4-14H,1-3H3,(H,32,33)/b16-10+. The lowest BCUT2D eigenvalue weighted by Gasteiger charge is -2.12. The predicted octanol–water partition coefficient (Wildman–Crippen LogP) is 8.13. The number of ether oxygens (including phenoxy) is 1. The number of fused-ring (bicyclic) bond motifs is 1. The van der Waals surface area contributed by atoms with Crippen LogP contribution in [0.5, 0.6) is 5.75 Å². The van der Waals surface area contributed by atoms with Gasteiger partial charge in [0.1, 0.15) is 11.3 Å². The van der Waals surface area contributed by atoms with E-state index in [1.165, 1.54) is 13.2 Å². The lowest BCUT2D eigenvalue weighted by atomic mass is 9.99. The van der Waals surface area contributed by atoms with Crippen molar-refractivity contribution in [2.75, 3.05) is 12.4 Å². The first-order chi connectivity index (χ1) is 16.6. The third-order valence-electron chi connectivity index (χ3n) is 5.58. The number of methoxy groups -OCH3 is 1. The van der Waals surface area contributed by atoms with Gasteiger partial charge in [0, 0.05) is 28.7 Å². The molecule has 1 aromatic heterocycles. The van der Waals surface area contributed by atoms with Crippen LogP contribution in [0.25, 0.3) is 27.7 Å². The zero-order valence-electron chi connectivity index (χ0n) is 19.1. The molecule has 4 rings (SSSR count). The molecular weight excluding hydrogens is 479 g/mol. The van der Waals surface area contributed by atoms with Gasteiger partial charge < -0.3 is 14.5 Å². The van der Waals surface area contributed by atoms with Crippen molar-refractivity contribution < 1.29 is 27.1 Å². The zero-order valence-corrected chi connectivity index (χ0v) is 19.8. The number of benzene rings is 3. The molecule has 4 aromatic rings. The first-order valence-electron chi connectivity index (χ1n) is 10.6.